The van der Waals surface area contributed by atoms with E-state index in [1.165, 1.54) is 6.07 Å². The minimum Gasteiger partial charge on any atom is -0.478 e. The van der Waals surface area contributed by atoms with Crippen molar-refractivity contribution in [1.29, 1.82) is 0 Å². The van der Waals surface area contributed by atoms with Crippen molar-refractivity contribution >= 4 is 49.4 Å². The molecule has 7 heteroatoms. The van der Waals surface area contributed by atoms with Crippen LogP contribution < -0.4 is 5.32 Å². The molecule has 0 saturated heterocycles. The standard InChI is InChI=1S/C11H11Br2NO4/c1-2-18-5-9(15)14-10-7(11(16)17)3-6(12)4-8(10)13/h3-4H,2,5H2,1H3,(H,14,15)(H,16,17). The smallest absolute Gasteiger partial charge is 0.337 e. The van der Waals surface area contributed by atoms with Gasteiger partial charge in [-0.15, -0.1) is 0 Å². The van der Waals surface area contributed by atoms with Crippen LogP contribution >= 0.6 is 31.9 Å². The van der Waals surface area contributed by atoms with Gasteiger partial charge >= 0.3 is 5.97 Å². The van der Waals surface area contributed by atoms with Crippen molar-refractivity contribution in [3.8, 4) is 0 Å². The maximum absolute atomic E-state index is 11.5. The number of carboxylic acids is 1. The van der Waals surface area contributed by atoms with Crippen LogP contribution in [-0.2, 0) is 9.53 Å². The second-order valence-electron chi connectivity index (χ2n) is 3.30. The number of carbonyl (C=O) groups excluding carboxylic acids is 1. The van der Waals surface area contributed by atoms with E-state index in [1.807, 2.05) is 0 Å². The third-order valence-corrected chi connectivity index (χ3v) is 3.07. The molecule has 0 heterocycles. The number of carbonyl (C=O) groups is 2. The van der Waals surface area contributed by atoms with Gasteiger partial charge in [0.2, 0.25) is 5.91 Å². The topological polar surface area (TPSA) is 75.6 Å². The van der Waals surface area contributed by atoms with E-state index in [-0.39, 0.29) is 17.9 Å². The van der Waals surface area contributed by atoms with Crippen molar-refractivity contribution in [2.75, 3.05) is 18.5 Å². The van der Waals surface area contributed by atoms with E-state index in [2.05, 4.69) is 37.2 Å². The number of halogens is 2. The third-order valence-electron chi connectivity index (χ3n) is 1.99. The quantitative estimate of drug-likeness (QED) is 0.823. The molecule has 0 atom stereocenters. The van der Waals surface area contributed by atoms with Crippen LogP contribution in [0.15, 0.2) is 21.1 Å². The van der Waals surface area contributed by atoms with Gasteiger partial charge in [0.15, 0.2) is 0 Å². The van der Waals surface area contributed by atoms with Crippen LogP contribution in [0.3, 0.4) is 0 Å². The summed E-state index contributed by atoms with van der Waals surface area (Å²) in [6.45, 7) is 2.07. The first-order chi connectivity index (χ1) is 8.45. The Bertz CT molecular complexity index is 476. The number of benzene rings is 1. The van der Waals surface area contributed by atoms with Crippen LogP contribution in [0.25, 0.3) is 0 Å². The van der Waals surface area contributed by atoms with Gasteiger partial charge in [0.05, 0.1) is 11.3 Å². The number of amides is 1. The number of rotatable bonds is 5. The maximum Gasteiger partial charge on any atom is 0.337 e. The Labute approximate surface area is 121 Å². The number of hydrogen-bond donors (Lipinski definition) is 2. The van der Waals surface area contributed by atoms with E-state index in [0.29, 0.717) is 15.6 Å². The number of carboxylic acid groups (broad SMARTS) is 1. The molecule has 1 aromatic carbocycles. The number of ether oxygens (including phenoxy) is 1. The van der Waals surface area contributed by atoms with Crippen molar-refractivity contribution in [1.82, 2.24) is 0 Å². The number of nitrogens with one attached hydrogen (secondary N) is 1. The van der Waals surface area contributed by atoms with Crippen LogP contribution in [0.1, 0.15) is 17.3 Å². The Kier molecular flexibility index (Phi) is 5.77. The predicted octanol–water partition coefficient (Wildman–Crippen LogP) is 2.88. The molecule has 5 nitrogen and oxygen atoms in total. The van der Waals surface area contributed by atoms with Gasteiger partial charge in [0, 0.05) is 15.6 Å². The predicted molar refractivity (Wildman–Crippen MR) is 73.9 cm³/mol. The summed E-state index contributed by atoms with van der Waals surface area (Å²) in [6, 6.07) is 3.08. The van der Waals surface area contributed by atoms with Gasteiger partial charge < -0.3 is 15.2 Å². The zero-order valence-electron chi connectivity index (χ0n) is 9.50. The maximum atomic E-state index is 11.5. The van der Waals surface area contributed by atoms with E-state index < -0.39 is 11.9 Å². The molecular weight excluding hydrogens is 370 g/mol. The molecule has 98 valence electrons. The molecule has 2 N–H and O–H groups in total. The lowest BCUT2D eigenvalue weighted by atomic mass is 10.2. The monoisotopic (exact) mass is 379 g/mol. The lowest BCUT2D eigenvalue weighted by Gasteiger charge is -2.11. The van der Waals surface area contributed by atoms with Crippen molar-refractivity contribution in [2.45, 2.75) is 6.92 Å². The minimum atomic E-state index is -1.12. The highest BCUT2D eigenvalue weighted by Crippen LogP contribution is 2.30. The van der Waals surface area contributed by atoms with E-state index in [9.17, 15) is 9.59 Å². The van der Waals surface area contributed by atoms with Gasteiger partial charge in [0.25, 0.3) is 0 Å². The van der Waals surface area contributed by atoms with Crippen LogP contribution in [0.5, 0.6) is 0 Å². The molecule has 1 amide bonds. The molecule has 0 spiro atoms. The molecule has 0 aliphatic heterocycles. The Morgan fingerprint density at radius 1 is 1.39 bits per heavy atom. The molecule has 0 unspecified atom stereocenters. The molecule has 0 aromatic heterocycles. The van der Waals surface area contributed by atoms with Gasteiger partial charge in [-0.1, -0.05) is 15.9 Å². The fourth-order valence-corrected chi connectivity index (χ4v) is 2.56. The number of aromatic carboxylic acids is 1. The summed E-state index contributed by atoms with van der Waals surface area (Å²) in [5, 5.41) is 11.6. The Balaban J connectivity index is 3.00. The van der Waals surface area contributed by atoms with Gasteiger partial charge in [-0.25, -0.2) is 4.79 Å². The summed E-state index contributed by atoms with van der Waals surface area (Å²) < 4.78 is 6.04. The molecule has 18 heavy (non-hydrogen) atoms. The molecule has 0 radical (unpaired) electrons. The molecule has 0 fully saturated rings. The van der Waals surface area contributed by atoms with E-state index in [0.717, 1.165) is 0 Å². The van der Waals surface area contributed by atoms with Crippen LogP contribution in [-0.4, -0.2) is 30.2 Å². The molecule has 1 aromatic rings. The first kappa shape index (κ1) is 15.1. The van der Waals surface area contributed by atoms with Crippen LogP contribution in [0.2, 0.25) is 0 Å². The highest BCUT2D eigenvalue weighted by atomic mass is 79.9. The summed E-state index contributed by atoms with van der Waals surface area (Å²) in [7, 11) is 0. The Hall–Kier alpha value is -0.920. The highest BCUT2D eigenvalue weighted by Gasteiger charge is 2.16. The van der Waals surface area contributed by atoms with Crippen LogP contribution in [0, 0.1) is 0 Å². The Morgan fingerprint density at radius 3 is 2.61 bits per heavy atom. The zero-order valence-corrected chi connectivity index (χ0v) is 12.7. The largest absolute Gasteiger partial charge is 0.478 e. The van der Waals surface area contributed by atoms with E-state index >= 15 is 0 Å². The second-order valence-corrected chi connectivity index (χ2v) is 5.07. The molecule has 0 bridgehead atoms. The summed E-state index contributed by atoms with van der Waals surface area (Å²) in [4.78, 5) is 22.6. The summed E-state index contributed by atoms with van der Waals surface area (Å²) >= 11 is 6.41. The van der Waals surface area contributed by atoms with Crippen molar-refractivity contribution in [2.24, 2.45) is 0 Å². The summed E-state index contributed by atoms with van der Waals surface area (Å²) in [5.41, 5.74) is 0.219. The van der Waals surface area contributed by atoms with Crippen molar-refractivity contribution in [3.05, 3.63) is 26.6 Å². The molecule has 1 rings (SSSR count). The fraction of sp³-hybridized carbons (Fsp3) is 0.273. The number of anilines is 1. The molecule has 0 aliphatic carbocycles. The Morgan fingerprint density at radius 2 is 2.06 bits per heavy atom. The lowest BCUT2D eigenvalue weighted by molar-refractivity contribution is -0.120. The average molecular weight is 381 g/mol. The summed E-state index contributed by atoms with van der Waals surface area (Å²) in [6.07, 6.45) is 0. The van der Waals surface area contributed by atoms with E-state index in [1.54, 1.807) is 13.0 Å². The van der Waals surface area contributed by atoms with Crippen LogP contribution in [0.4, 0.5) is 5.69 Å². The fourth-order valence-electron chi connectivity index (χ4n) is 1.24. The second kappa shape index (κ2) is 6.86. The van der Waals surface area contributed by atoms with Crippen molar-refractivity contribution < 1.29 is 19.4 Å². The SMILES string of the molecule is CCOCC(=O)Nc1c(Br)cc(Br)cc1C(=O)O. The lowest BCUT2D eigenvalue weighted by Crippen LogP contribution is -2.20. The highest BCUT2D eigenvalue weighted by molar-refractivity contribution is 9.11. The average Bonchev–Trinajstić information content (AvgIpc) is 2.29. The normalized spacial score (nSPS) is 10.2. The first-order valence-electron chi connectivity index (χ1n) is 5.05. The van der Waals surface area contributed by atoms with E-state index in [4.69, 9.17) is 9.84 Å². The third kappa shape index (κ3) is 4.08. The summed E-state index contributed by atoms with van der Waals surface area (Å²) in [5.74, 6) is -1.52. The molecule has 0 aliphatic rings. The number of hydrogen-bond acceptors (Lipinski definition) is 3. The molecule has 0 saturated carbocycles. The van der Waals surface area contributed by atoms with Gasteiger partial charge in [-0.2, -0.15) is 0 Å². The first-order valence-corrected chi connectivity index (χ1v) is 6.64. The van der Waals surface area contributed by atoms with Gasteiger partial charge in [-0.3, -0.25) is 4.79 Å². The molecular formula is C11H11Br2NO4. The minimum absolute atomic E-state index is 0.00102. The zero-order chi connectivity index (χ0) is 13.7. The van der Waals surface area contributed by atoms with Gasteiger partial charge in [-0.05, 0) is 35.0 Å². The van der Waals surface area contributed by atoms with Crippen molar-refractivity contribution in [3.63, 3.8) is 0 Å². The van der Waals surface area contributed by atoms with Gasteiger partial charge in [0.1, 0.15) is 6.61 Å².